The van der Waals surface area contributed by atoms with E-state index in [0.29, 0.717) is 40.9 Å². The topological polar surface area (TPSA) is 42.2 Å². The highest BCUT2D eigenvalue weighted by molar-refractivity contribution is 9.10. The summed E-state index contributed by atoms with van der Waals surface area (Å²) < 4.78 is 25.6. The number of rotatable bonds is 7. The lowest BCUT2D eigenvalue weighted by molar-refractivity contribution is 0.269. The van der Waals surface area contributed by atoms with Gasteiger partial charge in [0.15, 0.2) is 11.5 Å². The Morgan fingerprint density at radius 2 is 1.73 bits per heavy atom. The van der Waals surface area contributed by atoms with Crippen molar-refractivity contribution in [1.29, 1.82) is 5.26 Å². The molecular formula is C24H18BrClFNO2. The lowest BCUT2D eigenvalue weighted by Crippen LogP contribution is -2.00. The first kappa shape index (κ1) is 21.9. The largest absolute Gasteiger partial charge is 0.490 e. The van der Waals surface area contributed by atoms with Crippen LogP contribution in [0.25, 0.3) is 11.6 Å². The Morgan fingerprint density at radius 3 is 2.37 bits per heavy atom. The Morgan fingerprint density at radius 1 is 1.07 bits per heavy atom. The van der Waals surface area contributed by atoms with Crippen LogP contribution in [0.2, 0.25) is 5.02 Å². The predicted octanol–water partition coefficient (Wildman–Crippen LogP) is 7.28. The molecule has 0 amide bonds. The zero-order valence-corrected chi connectivity index (χ0v) is 18.5. The number of hydrogen-bond donors (Lipinski definition) is 0. The van der Waals surface area contributed by atoms with Gasteiger partial charge in [-0.1, -0.05) is 51.8 Å². The maximum Gasteiger partial charge on any atom is 0.162 e. The summed E-state index contributed by atoms with van der Waals surface area (Å²) in [5.74, 6) is 0.798. The lowest BCUT2D eigenvalue weighted by Gasteiger charge is -2.14. The summed E-state index contributed by atoms with van der Waals surface area (Å²) in [6.07, 6.45) is 1.73. The lowest BCUT2D eigenvalue weighted by atomic mass is 10.0. The van der Waals surface area contributed by atoms with Crippen LogP contribution in [0.4, 0.5) is 4.39 Å². The van der Waals surface area contributed by atoms with Crippen molar-refractivity contribution in [2.24, 2.45) is 0 Å². The number of benzene rings is 3. The molecule has 0 atom stereocenters. The number of halogens is 3. The summed E-state index contributed by atoms with van der Waals surface area (Å²) in [5.41, 5.74) is 2.77. The minimum Gasteiger partial charge on any atom is -0.490 e. The molecule has 0 spiro atoms. The van der Waals surface area contributed by atoms with Gasteiger partial charge in [0.2, 0.25) is 0 Å². The summed E-state index contributed by atoms with van der Waals surface area (Å²) >= 11 is 9.47. The van der Waals surface area contributed by atoms with E-state index in [-0.39, 0.29) is 5.82 Å². The van der Waals surface area contributed by atoms with E-state index in [1.54, 1.807) is 18.2 Å². The van der Waals surface area contributed by atoms with Crippen molar-refractivity contribution in [3.63, 3.8) is 0 Å². The fourth-order valence-electron chi connectivity index (χ4n) is 2.75. The predicted molar refractivity (Wildman–Crippen MR) is 121 cm³/mol. The van der Waals surface area contributed by atoms with Crippen molar-refractivity contribution in [3.05, 3.63) is 92.7 Å². The van der Waals surface area contributed by atoms with Gasteiger partial charge in [-0.3, -0.25) is 0 Å². The number of ether oxygens (including phenoxy) is 2. The molecule has 0 N–H and O–H groups in total. The van der Waals surface area contributed by atoms with Crippen molar-refractivity contribution >= 4 is 39.2 Å². The molecule has 3 aromatic rings. The van der Waals surface area contributed by atoms with Crippen LogP contribution in [0.5, 0.6) is 11.5 Å². The van der Waals surface area contributed by atoms with E-state index in [1.165, 1.54) is 12.1 Å². The molecule has 3 nitrogen and oxygen atoms in total. The third kappa shape index (κ3) is 5.63. The molecule has 0 heterocycles. The van der Waals surface area contributed by atoms with E-state index in [9.17, 15) is 9.65 Å². The molecule has 0 bridgehead atoms. The number of nitrogens with zero attached hydrogens (tertiary/aromatic N) is 1. The first-order valence-electron chi connectivity index (χ1n) is 9.21. The first-order valence-corrected chi connectivity index (χ1v) is 10.4. The van der Waals surface area contributed by atoms with Crippen LogP contribution in [-0.4, -0.2) is 6.61 Å². The Kier molecular flexibility index (Phi) is 7.51. The monoisotopic (exact) mass is 485 g/mol. The minimum atomic E-state index is -0.349. The molecule has 0 unspecified atom stereocenters. The van der Waals surface area contributed by atoms with Crippen molar-refractivity contribution in [1.82, 2.24) is 0 Å². The Bertz CT molecular complexity index is 1090. The third-order valence-corrected chi connectivity index (χ3v) is 5.18. The fraction of sp³-hybridized carbons (Fsp3) is 0.125. The Balaban J connectivity index is 1.90. The summed E-state index contributed by atoms with van der Waals surface area (Å²) in [6, 6.07) is 19.0. The molecule has 0 aliphatic carbocycles. The van der Waals surface area contributed by atoms with E-state index in [0.717, 1.165) is 15.6 Å². The fourth-order valence-corrected chi connectivity index (χ4v) is 3.31. The maximum atomic E-state index is 13.2. The smallest absolute Gasteiger partial charge is 0.162 e. The highest BCUT2D eigenvalue weighted by atomic mass is 79.9. The second kappa shape index (κ2) is 10.3. The highest BCUT2D eigenvalue weighted by Crippen LogP contribution is 2.36. The van der Waals surface area contributed by atoms with Gasteiger partial charge in [0.25, 0.3) is 0 Å². The van der Waals surface area contributed by atoms with Crippen molar-refractivity contribution in [3.8, 4) is 17.6 Å². The highest BCUT2D eigenvalue weighted by Gasteiger charge is 2.12. The average molecular weight is 487 g/mol. The number of hydrogen-bond acceptors (Lipinski definition) is 3. The van der Waals surface area contributed by atoms with E-state index >= 15 is 0 Å². The Hall–Kier alpha value is -2.81. The normalized spacial score (nSPS) is 11.1. The van der Waals surface area contributed by atoms with E-state index < -0.39 is 0 Å². The minimum absolute atomic E-state index is 0.349. The molecule has 152 valence electrons. The molecule has 0 aliphatic heterocycles. The van der Waals surface area contributed by atoms with Crippen LogP contribution >= 0.6 is 27.5 Å². The summed E-state index contributed by atoms with van der Waals surface area (Å²) in [5, 5.41) is 10.2. The second-order valence-corrected chi connectivity index (χ2v) is 7.64. The standard InChI is InChI=1S/C24H18BrClFNO2/c1-2-29-23-12-18(11-19(14-28)17-5-9-21(27)10-6-17)22(25)13-24(23)30-15-16-3-7-20(26)8-4-16/h3-13H,2,15H2,1H3/b19-11+. The number of nitriles is 1. The van der Waals surface area contributed by atoms with Gasteiger partial charge in [-0.05, 0) is 66.1 Å². The van der Waals surface area contributed by atoms with Gasteiger partial charge in [-0.15, -0.1) is 0 Å². The van der Waals surface area contributed by atoms with E-state index in [2.05, 4.69) is 22.0 Å². The van der Waals surface area contributed by atoms with Crippen LogP contribution in [-0.2, 0) is 6.61 Å². The molecule has 0 aliphatic rings. The average Bonchev–Trinajstić information content (AvgIpc) is 2.74. The third-order valence-electron chi connectivity index (χ3n) is 4.25. The van der Waals surface area contributed by atoms with Crippen molar-refractivity contribution in [2.45, 2.75) is 13.5 Å². The Labute approximate surface area is 188 Å². The second-order valence-electron chi connectivity index (χ2n) is 6.35. The van der Waals surface area contributed by atoms with Gasteiger partial charge in [0.05, 0.1) is 18.2 Å². The molecule has 0 aromatic heterocycles. The van der Waals surface area contributed by atoms with E-state index in [4.69, 9.17) is 21.1 Å². The molecule has 0 fully saturated rings. The quantitative estimate of drug-likeness (QED) is 0.260. The van der Waals surface area contributed by atoms with Crippen molar-refractivity contribution in [2.75, 3.05) is 6.61 Å². The molecule has 0 saturated heterocycles. The van der Waals surface area contributed by atoms with Gasteiger partial charge in [-0.25, -0.2) is 4.39 Å². The SMILES string of the molecule is CCOc1cc(/C=C(\C#N)c2ccc(F)cc2)c(Br)cc1OCc1ccc(Cl)cc1. The van der Waals surface area contributed by atoms with Crippen molar-refractivity contribution < 1.29 is 13.9 Å². The van der Waals surface area contributed by atoms with Gasteiger partial charge < -0.3 is 9.47 Å². The van der Waals surface area contributed by atoms with Gasteiger partial charge in [0, 0.05) is 9.50 Å². The zero-order chi connectivity index (χ0) is 21.5. The zero-order valence-electron chi connectivity index (χ0n) is 16.2. The molecule has 0 saturated carbocycles. The summed E-state index contributed by atoms with van der Waals surface area (Å²) in [7, 11) is 0. The summed E-state index contributed by atoms with van der Waals surface area (Å²) in [4.78, 5) is 0. The molecule has 3 rings (SSSR count). The maximum absolute atomic E-state index is 13.2. The molecule has 0 radical (unpaired) electrons. The summed E-state index contributed by atoms with van der Waals surface area (Å²) in [6.45, 7) is 2.71. The molecule has 30 heavy (non-hydrogen) atoms. The van der Waals surface area contributed by atoms with Crippen LogP contribution in [0.3, 0.4) is 0 Å². The van der Waals surface area contributed by atoms with E-state index in [1.807, 2.05) is 43.3 Å². The molecule has 3 aromatic carbocycles. The van der Waals surface area contributed by atoms with Crippen LogP contribution in [0.1, 0.15) is 23.6 Å². The number of allylic oxidation sites excluding steroid dienone is 1. The van der Waals surface area contributed by atoms with Crippen LogP contribution < -0.4 is 9.47 Å². The van der Waals surface area contributed by atoms with Crippen LogP contribution in [0, 0.1) is 17.1 Å². The molecular weight excluding hydrogens is 469 g/mol. The van der Waals surface area contributed by atoms with Crippen LogP contribution in [0.15, 0.2) is 65.1 Å². The van der Waals surface area contributed by atoms with Gasteiger partial charge >= 0.3 is 0 Å². The van der Waals surface area contributed by atoms with Gasteiger partial charge in [0.1, 0.15) is 12.4 Å². The first-order chi connectivity index (χ1) is 14.5. The van der Waals surface area contributed by atoms with Gasteiger partial charge in [-0.2, -0.15) is 5.26 Å². The molecule has 6 heteroatoms.